The van der Waals surface area contributed by atoms with Crippen LogP contribution in [0.5, 0.6) is 0 Å². The highest BCUT2D eigenvalue weighted by Crippen LogP contribution is 2.49. The van der Waals surface area contributed by atoms with Crippen molar-refractivity contribution in [1.29, 1.82) is 0 Å². The second kappa shape index (κ2) is 6.83. The lowest BCUT2D eigenvalue weighted by atomic mass is 9.61. The van der Waals surface area contributed by atoms with E-state index < -0.39 is 17.7 Å². The van der Waals surface area contributed by atoms with Gasteiger partial charge in [-0.15, -0.1) is 10.2 Å². The van der Waals surface area contributed by atoms with Crippen LogP contribution in [0.25, 0.3) is 11.5 Å². The number of imide groups is 1. The molecule has 0 N–H and O–H groups in total. The van der Waals surface area contributed by atoms with Gasteiger partial charge in [0.2, 0.25) is 11.8 Å². The van der Waals surface area contributed by atoms with Crippen LogP contribution in [-0.2, 0) is 16.8 Å². The van der Waals surface area contributed by atoms with Crippen LogP contribution in [0, 0.1) is 0 Å². The Morgan fingerprint density at radius 2 is 1.77 bits per heavy atom. The highest BCUT2D eigenvalue weighted by Gasteiger charge is 2.53. The fraction of sp³-hybridized carbons (Fsp3) is 0.273. The maximum atomic E-state index is 13.3. The van der Waals surface area contributed by atoms with Gasteiger partial charge in [0.15, 0.2) is 0 Å². The van der Waals surface area contributed by atoms with E-state index in [4.69, 9.17) is 4.42 Å². The molecule has 0 saturated heterocycles. The van der Waals surface area contributed by atoms with Gasteiger partial charge in [-0.3, -0.25) is 14.5 Å². The summed E-state index contributed by atoms with van der Waals surface area (Å²) in [5, 5.41) is 6.94. The van der Waals surface area contributed by atoms with E-state index in [1.165, 1.54) is 4.90 Å². The Morgan fingerprint density at radius 3 is 2.40 bits per heavy atom. The van der Waals surface area contributed by atoms with Crippen LogP contribution in [0.15, 0.2) is 52.9 Å². The smallest absolute Gasteiger partial charge is 0.314 e. The Kier molecular flexibility index (Phi) is 4.23. The van der Waals surface area contributed by atoms with Crippen LogP contribution in [-0.4, -0.2) is 26.9 Å². The number of amides is 2. The first kappa shape index (κ1) is 18.6. The van der Waals surface area contributed by atoms with Crippen LogP contribution in [0.1, 0.15) is 53.1 Å². The van der Waals surface area contributed by atoms with Crippen molar-refractivity contribution in [3.63, 3.8) is 0 Å². The second-order valence-electron chi connectivity index (χ2n) is 7.62. The van der Waals surface area contributed by atoms with Crippen LogP contribution in [0.4, 0.5) is 8.78 Å². The standard InChI is InChI=1S/C22H17F2N3O3/c23-17(24)19-26-25-18(30-19)14-8-6-13(7-9-14)12-27-20(28)15-4-1-2-5-16(15)22(21(27)29)10-3-11-22/h1-2,4-9,17H,3,10-12H2. The van der Waals surface area contributed by atoms with Gasteiger partial charge in [0.25, 0.3) is 11.8 Å². The average Bonchev–Trinajstić information content (AvgIpc) is 3.21. The molecule has 1 saturated carbocycles. The van der Waals surface area contributed by atoms with E-state index in [0.717, 1.165) is 30.4 Å². The zero-order valence-corrected chi connectivity index (χ0v) is 15.8. The van der Waals surface area contributed by atoms with E-state index in [1.54, 1.807) is 30.3 Å². The summed E-state index contributed by atoms with van der Waals surface area (Å²) in [6.07, 6.45) is -0.380. The monoisotopic (exact) mass is 409 g/mol. The summed E-state index contributed by atoms with van der Waals surface area (Å²) in [5.41, 5.74) is 2.04. The van der Waals surface area contributed by atoms with Crippen molar-refractivity contribution in [1.82, 2.24) is 15.1 Å². The van der Waals surface area contributed by atoms with Gasteiger partial charge in [-0.1, -0.05) is 36.8 Å². The number of hydrogen-bond acceptors (Lipinski definition) is 5. The molecule has 0 radical (unpaired) electrons. The number of nitrogens with zero attached hydrogens (tertiary/aromatic N) is 3. The summed E-state index contributed by atoms with van der Waals surface area (Å²) < 4.78 is 30.2. The molecule has 152 valence electrons. The molecule has 8 heteroatoms. The molecule has 0 bridgehead atoms. The second-order valence-corrected chi connectivity index (χ2v) is 7.62. The van der Waals surface area contributed by atoms with E-state index >= 15 is 0 Å². The third-order valence-electron chi connectivity index (χ3n) is 5.95. The summed E-state index contributed by atoms with van der Waals surface area (Å²) in [4.78, 5) is 27.6. The lowest BCUT2D eigenvalue weighted by Crippen LogP contribution is -2.57. The first-order valence-electron chi connectivity index (χ1n) is 9.66. The number of carbonyl (C=O) groups is 2. The molecule has 2 aromatic carbocycles. The Morgan fingerprint density at radius 1 is 1.03 bits per heavy atom. The molecule has 1 spiro atoms. The molecule has 6 nitrogen and oxygen atoms in total. The number of alkyl halides is 2. The Balaban J connectivity index is 1.41. The minimum absolute atomic E-state index is 0.00989. The van der Waals surface area contributed by atoms with Crippen molar-refractivity contribution in [2.24, 2.45) is 0 Å². The van der Waals surface area contributed by atoms with Crippen molar-refractivity contribution in [2.75, 3.05) is 0 Å². The molecule has 1 aromatic heterocycles. The third kappa shape index (κ3) is 2.74. The molecule has 30 heavy (non-hydrogen) atoms. The largest absolute Gasteiger partial charge is 0.415 e. The number of carbonyl (C=O) groups excluding carboxylic acids is 2. The fourth-order valence-corrected chi connectivity index (χ4v) is 4.23. The van der Waals surface area contributed by atoms with E-state index in [-0.39, 0.29) is 24.2 Å². The van der Waals surface area contributed by atoms with Crippen molar-refractivity contribution >= 4 is 11.8 Å². The summed E-state index contributed by atoms with van der Waals surface area (Å²) in [6, 6.07) is 14.1. The Bertz CT molecular complexity index is 1140. The average molecular weight is 409 g/mol. The summed E-state index contributed by atoms with van der Waals surface area (Å²) in [7, 11) is 0. The first-order valence-corrected chi connectivity index (χ1v) is 9.66. The quantitative estimate of drug-likeness (QED) is 0.601. The number of halogens is 2. The van der Waals surface area contributed by atoms with Crippen LogP contribution >= 0.6 is 0 Å². The highest BCUT2D eigenvalue weighted by atomic mass is 19.3. The lowest BCUT2D eigenvalue weighted by Gasteiger charge is -2.47. The number of hydrogen-bond donors (Lipinski definition) is 0. The zero-order valence-electron chi connectivity index (χ0n) is 15.8. The van der Waals surface area contributed by atoms with Crippen molar-refractivity contribution < 1.29 is 22.8 Å². The molecule has 1 aliphatic heterocycles. The summed E-state index contributed by atoms with van der Waals surface area (Å²) in [6.45, 7) is 0.139. The lowest BCUT2D eigenvalue weighted by molar-refractivity contribution is -0.139. The summed E-state index contributed by atoms with van der Waals surface area (Å²) in [5.74, 6) is -1.19. The molecule has 0 unspecified atom stereocenters. The molecule has 2 heterocycles. The summed E-state index contributed by atoms with van der Waals surface area (Å²) >= 11 is 0. The maximum absolute atomic E-state index is 13.3. The highest BCUT2D eigenvalue weighted by molar-refractivity contribution is 6.13. The van der Waals surface area contributed by atoms with Gasteiger partial charge in [0.1, 0.15) is 0 Å². The molecule has 1 fully saturated rings. The van der Waals surface area contributed by atoms with Gasteiger partial charge in [-0.05, 0) is 42.2 Å². The molecule has 1 aliphatic carbocycles. The van der Waals surface area contributed by atoms with Gasteiger partial charge in [-0.25, -0.2) is 0 Å². The van der Waals surface area contributed by atoms with Gasteiger partial charge in [0.05, 0.1) is 12.0 Å². The van der Waals surface area contributed by atoms with Crippen LogP contribution in [0.2, 0.25) is 0 Å². The number of rotatable bonds is 4. The zero-order chi connectivity index (χ0) is 20.9. The van der Waals surface area contributed by atoms with E-state index in [1.807, 2.05) is 18.2 Å². The van der Waals surface area contributed by atoms with Gasteiger partial charge in [-0.2, -0.15) is 8.78 Å². The van der Waals surface area contributed by atoms with Gasteiger partial charge < -0.3 is 4.42 Å². The van der Waals surface area contributed by atoms with E-state index in [0.29, 0.717) is 11.1 Å². The predicted octanol–water partition coefficient (Wildman–Crippen LogP) is 4.28. The van der Waals surface area contributed by atoms with Crippen LogP contribution in [0.3, 0.4) is 0 Å². The molecule has 0 atom stereocenters. The van der Waals surface area contributed by atoms with Gasteiger partial charge in [0, 0.05) is 11.1 Å². The van der Waals surface area contributed by atoms with Crippen molar-refractivity contribution in [3.8, 4) is 11.5 Å². The van der Waals surface area contributed by atoms with Gasteiger partial charge >= 0.3 is 6.43 Å². The Hall–Kier alpha value is -3.42. The molecule has 2 amide bonds. The number of aromatic nitrogens is 2. The SMILES string of the molecule is O=C1c2ccccc2C2(CCC2)C(=O)N1Cc1ccc(-c2nnc(C(F)F)o2)cc1. The molecular formula is C22H17F2N3O3. The minimum Gasteiger partial charge on any atom is -0.415 e. The molecule has 3 aromatic rings. The predicted molar refractivity (Wildman–Crippen MR) is 102 cm³/mol. The molecule has 5 rings (SSSR count). The number of fused-ring (bicyclic) bond motifs is 2. The third-order valence-corrected chi connectivity index (χ3v) is 5.95. The normalized spacial score (nSPS) is 17.4. The van der Waals surface area contributed by atoms with Crippen molar-refractivity contribution in [3.05, 3.63) is 71.1 Å². The van der Waals surface area contributed by atoms with E-state index in [9.17, 15) is 18.4 Å². The number of benzene rings is 2. The maximum Gasteiger partial charge on any atom is 0.314 e. The fourth-order valence-electron chi connectivity index (χ4n) is 4.23. The minimum atomic E-state index is -2.83. The molecule has 2 aliphatic rings. The topological polar surface area (TPSA) is 76.3 Å². The van der Waals surface area contributed by atoms with Crippen molar-refractivity contribution in [2.45, 2.75) is 37.6 Å². The first-order chi connectivity index (χ1) is 14.5. The van der Waals surface area contributed by atoms with E-state index in [2.05, 4.69) is 10.2 Å². The molecular weight excluding hydrogens is 392 g/mol. The Labute approximate surface area is 170 Å². The van der Waals surface area contributed by atoms with Crippen LogP contribution < -0.4 is 0 Å².